The smallest absolute Gasteiger partial charge is 0.322 e. The minimum absolute atomic E-state index is 0.142. The van der Waals surface area contributed by atoms with Crippen molar-refractivity contribution < 1.29 is 9.53 Å². The second-order valence-electron chi connectivity index (χ2n) is 4.62. The number of nitrogens with one attached hydrogen (secondary N) is 1. The van der Waals surface area contributed by atoms with Gasteiger partial charge in [0.25, 0.3) is 5.56 Å². The normalized spacial score (nSPS) is 11.4. The van der Waals surface area contributed by atoms with Crippen LogP contribution in [0.3, 0.4) is 0 Å². The first-order valence-corrected chi connectivity index (χ1v) is 7.09. The topological polar surface area (TPSA) is 72.0 Å². The van der Waals surface area contributed by atoms with Gasteiger partial charge in [0.05, 0.1) is 6.61 Å². The second-order valence-corrected chi connectivity index (χ2v) is 6.23. The fourth-order valence-electron chi connectivity index (χ4n) is 1.64. The van der Waals surface area contributed by atoms with Gasteiger partial charge in [-0.05, 0) is 34.1 Å². The molecule has 0 saturated heterocycles. The van der Waals surface area contributed by atoms with Gasteiger partial charge in [0.2, 0.25) is 0 Å². The Balaban J connectivity index is 3.00. The monoisotopic (exact) mass is 284 g/mol. The summed E-state index contributed by atoms with van der Waals surface area (Å²) in [5.41, 5.74) is 1.24. The van der Waals surface area contributed by atoms with E-state index in [9.17, 15) is 9.59 Å². The average Bonchev–Trinajstić information content (AvgIpc) is 2.28. The maximum Gasteiger partial charge on any atom is 0.322 e. The second kappa shape index (κ2) is 6.23. The van der Waals surface area contributed by atoms with Gasteiger partial charge in [-0.25, -0.2) is 4.98 Å². The molecule has 1 rings (SSSR count). The first-order chi connectivity index (χ1) is 8.81. The van der Waals surface area contributed by atoms with E-state index in [2.05, 4.69) is 9.97 Å². The highest BCUT2D eigenvalue weighted by Crippen LogP contribution is 2.30. The number of ether oxygens (including phenoxy) is 1. The number of carbonyl (C=O) groups excluding carboxylic acids is 1. The predicted molar refractivity (Wildman–Crippen MR) is 75.5 cm³/mol. The molecule has 0 aliphatic carbocycles. The number of H-pyrrole nitrogens is 1. The highest BCUT2D eigenvalue weighted by molar-refractivity contribution is 8.01. The van der Waals surface area contributed by atoms with E-state index < -0.39 is 4.75 Å². The van der Waals surface area contributed by atoms with Crippen LogP contribution in [0.2, 0.25) is 0 Å². The summed E-state index contributed by atoms with van der Waals surface area (Å²) >= 11 is 1.20. The predicted octanol–water partition coefficient (Wildman–Crippen LogP) is 2.07. The third kappa shape index (κ3) is 3.83. The first-order valence-electron chi connectivity index (χ1n) is 6.27. The molecule has 0 aliphatic heterocycles. The lowest BCUT2D eigenvalue weighted by Gasteiger charge is -2.20. The minimum atomic E-state index is -0.786. The van der Waals surface area contributed by atoms with Gasteiger partial charge in [0.1, 0.15) is 4.75 Å². The van der Waals surface area contributed by atoms with E-state index in [0.717, 1.165) is 0 Å². The summed E-state index contributed by atoms with van der Waals surface area (Å²) < 4.78 is 4.22. The number of nitrogens with zero attached hydrogens (tertiary/aromatic N) is 1. The Morgan fingerprint density at radius 3 is 2.53 bits per heavy atom. The molecule has 0 aromatic carbocycles. The van der Waals surface area contributed by atoms with Crippen LogP contribution in [-0.4, -0.2) is 27.3 Å². The summed E-state index contributed by atoms with van der Waals surface area (Å²) in [6.45, 7) is 9.31. The molecule has 1 aromatic heterocycles. The summed E-state index contributed by atoms with van der Waals surface area (Å²) in [5, 5.41) is 0.442. The van der Waals surface area contributed by atoms with Crippen molar-refractivity contribution in [2.24, 2.45) is 0 Å². The van der Waals surface area contributed by atoms with E-state index in [-0.39, 0.29) is 11.5 Å². The van der Waals surface area contributed by atoms with Gasteiger partial charge in [-0.2, -0.15) is 0 Å². The van der Waals surface area contributed by atoms with Gasteiger partial charge >= 0.3 is 5.97 Å². The Labute approximate surface area is 117 Å². The SMILES string of the molecule is CCOC(=O)C(C)(C)Sc1nc(C)c(CC)c(=O)[nH]1. The number of aromatic amines is 1. The molecule has 1 aromatic rings. The maximum atomic E-state index is 11.8. The Morgan fingerprint density at radius 2 is 2.05 bits per heavy atom. The highest BCUT2D eigenvalue weighted by atomic mass is 32.2. The van der Waals surface area contributed by atoms with E-state index in [0.29, 0.717) is 29.4 Å². The quantitative estimate of drug-likeness (QED) is 0.509. The number of aryl methyl sites for hydroxylation is 1. The molecule has 0 radical (unpaired) electrons. The fraction of sp³-hybridized carbons (Fsp3) is 0.615. The van der Waals surface area contributed by atoms with E-state index >= 15 is 0 Å². The lowest BCUT2D eigenvalue weighted by Crippen LogP contribution is -2.31. The van der Waals surface area contributed by atoms with Crippen LogP contribution in [0, 0.1) is 6.92 Å². The van der Waals surface area contributed by atoms with Crippen LogP contribution in [0.4, 0.5) is 0 Å². The Kier molecular flexibility index (Phi) is 5.17. The number of aromatic nitrogens is 2. The molecule has 0 spiro atoms. The largest absolute Gasteiger partial charge is 0.465 e. The molecule has 5 nitrogen and oxygen atoms in total. The summed E-state index contributed by atoms with van der Waals surface area (Å²) in [4.78, 5) is 30.7. The third-order valence-electron chi connectivity index (χ3n) is 2.67. The van der Waals surface area contributed by atoms with Gasteiger partial charge < -0.3 is 9.72 Å². The zero-order valence-electron chi connectivity index (χ0n) is 12.0. The van der Waals surface area contributed by atoms with Crippen molar-refractivity contribution in [2.75, 3.05) is 6.61 Å². The number of thioether (sulfide) groups is 1. The molecule has 1 heterocycles. The zero-order valence-corrected chi connectivity index (χ0v) is 12.8. The first kappa shape index (κ1) is 15.8. The Bertz CT molecular complexity index is 523. The molecular formula is C13H20N2O3S. The molecule has 6 heteroatoms. The van der Waals surface area contributed by atoms with E-state index in [1.54, 1.807) is 27.7 Å². The van der Waals surface area contributed by atoms with Crippen molar-refractivity contribution in [3.05, 3.63) is 21.6 Å². The van der Waals surface area contributed by atoms with Gasteiger partial charge in [0, 0.05) is 11.3 Å². The standard InChI is InChI=1S/C13H20N2O3S/c1-6-9-8(3)14-12(15-10(9)16)19-13(4,5)11(17)18-7-2/h6-7H2,1-5H3,(H,14,15,16). The molecule has 0 fully saturated rings. The Morgan fingerprint density at radius 1 is 1.42 bits per heavy atom. The van der Waals surface area contributed by atoms with Gasteiger partial charge in [-0.15, -0.1) is 0 Å². The zero-order chi connectivity index (χ0) is 14.6. The molecule has 0 saturated carbocycles. The third-order valence-corrected chi connectivity index (χ3v) is 3.74. The summed E-state index contributed by atoms with van der Waals surface area (Å²) in [6.07, 6.45) is 0.639. The van der Waals surface area contributed by atoms with Crippen LogP contribution in [-0.2, 0) is 16.0 Å². The van der Waals surface area contributed by atoms with Crippen LogP contribution in [0.5, 0.6) is 0 Å². The van der Waals surface area contributed by atoms with Crippen LogP contribution >= 0.6 is 11.8 Å². The fourth-order valence-corrected chi connectivity index (χ4v) is 2.59. The Hall–Kier alpha value is -1.30. The van der Waals surface area contributed by atoms with Crippen LogP contribution in [0.1, 0.15) is 39.0 Å². The molecule has 106 valence electrons. The van der Waals surface area contributed by atoms with Crippen LogP contribution < -0.4 is 5.56 Å². The minimum Gasteiger partial charge on any atom is -0.465 e. The summed E-state index contributed by atoms with van der Waals surface area (Å²) in [5.74, 6) is -0.320. The highest BCUT2D eigenvalue weighted by Gasteiger charge is 2.31. The number of rotatable bonds is 5. The summed E-state index contributed by atoms with van der Waals surface area (Å²) in [7, 11) is 0. The number of hydrogen-bond donors (Lipinski definition) is 1. The van der Waals surface area contributed by atoms with E-state index in [1.807, 2.05) is 6.92 Å². The number of esters is 1. The van der Waals surface area contributed by atoms with Crippen molar-refractivity contribution in [1.29, 1.82) is 0 Å². The van der Waals surface area contributed by atoms with E-state index in [4.69, 9.17) is 4.74 Å². The van der Waals surface area contributed by atoms with Crippen molar-refractivity contribution in [3.63, 3.8) is 0 Å². The molecule has 19 heavy (non-hydrogen) atoms. The molecule has 0 aliphatic rings. The molecule has 0 atom stereocenters. The summed E-state index contributed by atoms with van der Waals surface area (Å²) in [6, 6.07) is 0. The molecule has 0 unspecified atom stereocenters. The van der Waals surface area contributed by atoms with Crippen LogP contribution in [0.15, 0.2) is 9.95 Å². The van der Waals surface area contributed by atoms with Crippen molar-refractivity contribution in [1.82, 2.24) is 9.97 Å². The van der Waals surface area contributed by atoms with E-state index in [1.165, 1.54) is 11.8 Å². The molecule has 0 amide bonds. The lowest BCUT2D eigenvalue weighted by molar-refractivity contribution is -0.145. The molecule has 1 N–H and O–H groups in total. The van der Waals surface area contributed by atoms with Gasteiger partial charge in [-0.3, -0.25) is 9.59 Å². The number of carbonyl (C=O) groups is 1. The van der Waals surface area contributed by atoms with Gasteiger partial charge in [0.15, 0.2) is 5.16 Å². The van der Waals surface area contributed by atoms with Crippen LogP contribution in [0.25, 0.3) is 0 Å². The van der Waals surface area contributed by atoms with Crippen molar-refractivity contribution in [2.45, 2.75) is 50.9 Å². The number of hydrogen-bond acceptors (Lipinski definition) is 5. The molecular weight excluding hydrogens is 264 g/mol. The molecule has 0 bridgehead atoms. The lowest BCUT2D eigenvalue weighted by atomic mass is 10.2. The maximum absolute atomic E-state index is 11.8. The van der Waals surface area contributed by atoms with Crippen molar-refractivity contribution >= 4 is 17.7 Å². The van der Waals surface area contributed by atoms with Gasteiger partial charge in [-0.1, -0.05) is 18.7 Å². The van der Waals surface area contributed by atoms with Crippen molar-refractivity contribution in [3.8, 4) is 0 Å². The average molecular weight is 284 g/mol.